The Morgan fingerprint density at radius 2 is 1.74 bits per heavy atom. The highest BCUT2D eigenvalue weighted by molar-refractivity contribution is 7.14. The van der Waals surface area contributed by atoms with Crippen LogP contribution in [0.3, 0.4) is 0 Å². The normalized spacial score (nSPS) is 10.3. The fourth-order valence-corrected chi connectivity index (χ4v) is 2.39. The zero-order valence-corrected chi connectivity index (χ0v) is 10.8. The minimum atomic E-state index is 0.252. The Hall–Kier alpha value is -2.40. The maximum Gasteiger partial charge on any atom is 0.187 e. The van der Waals surface area contributed by atoms with E-state index in [4.69, 9.17) is 0 Å². The molecule has 94 valence electrons. The Labute approximate surface area is 114 Å². The predicted octanol–water partition coefficient (Wildman–Crippen LogP) is 3.65. The van der Waals surface area contributed by atoms with E-state index in [9.17, 15) is 5.11 Å². The topological polar surface area (TPSA) is 58.0 Å². The van der Waals surface area contributed by atoms with Gasteiger partial charge in [-0.1, -0.05) is 0 Å². The van der Waals surface area contributed by atoms with Crippen LogP contribution in [0.15, 0.2) is 54.2 Å². The van der Waals surface area contributed by atoms with Gasteiger partial charge in [0.25, 0.3) is 0 Å². The maximum absolute atomic E-state index is 9.23. The molecule has 3 rings (SSSR count). The number of aromatic hydroxyl groups is 1. The van der Waals surface area contributed by atoms with Crippen molar-refractivity contribution in [3.05, 3.63) is 54.2 Å². The molecule has 4 nitrogen and oxygen atoms in total. The van der Waals surface area contributed by atoms with Crippen molar-refractivity contribution in [3.63, 3.8) is 0 Å². The van der Waals surface area contributed by atoms with Gasteiger partial charge in [0, 0.05) is 29.0 Å². The molecule has 2 heterocycles. The second kappa shape index (κ2) is 5.07. The average Bonchev–Trinajstić information content (AvgIpc) is 2.91. The minimum absolute atomic E-state index is 0.252. The molecule has 0 aliphatic heterocycles. The van der Waals surface area contributed by atoms with Crippen molar-refractivity contribution in [2.24, 2.45) is 0 Å². The first-order valence-corrected chi connectivity index (χ1v) is 6.61. The van der Waals surface area contributed by atoms with Gasteiger partial charge in [0.1, 0.15) is 5.75 Å². The number of phenolic OH excluding ortho intramolecular Hbond substituents is 1. The van der Waals surface area contributed by atoms with E-state index in [2.05, 4.69) is 15.3 Å². The summed E-state index contributed by atoms with van der Waals surface area (Å²) < 4.78 is 0. The number of nitrogens with one attached hydrogen (secondary N) is 1. The van der Waals surface area contributed by atoms with E-state index in [-0.39, 0.29) is 5.75 Å². The van der Waals surface area contributed by atoms with Crippen LogP contribution in [0.5, 0.6) is 5.75 Å². The summed E-state index contributed by atoms with van der Waals surface area (Å²) >= 11 is 1.54. The van der Waals surface area contributed by atoms with Crippen LogP contribution in [0.25, 0.3) is 11.3 Å². The average molecular weight is 269 g/mol. The van der Waals surface area contributed by atoms with Crippen molar-refractivity contribution < 1.29 is 5.11 Å². The first kappa shape index (κ1) is 11.7. The van der Waals surface area contributed by atoms with Gasteiger partial charge in [-0.05, 0) is 36.4 Å². The number of anilines is 2. The molecule has 0 saturated carbocycles. The number of pyridine rings is 1. The zero-order valence-electron chi connectivity index (χ0n) is 9.95. The number of hydrogen-bond donors (Lipinski definition) is 2. The summed E-state index contributed by atoms with van der Waals surface area (Å²) in [5, 5.41) is 15.2. The van der Waals surface area contributed by atoms with Crippen LogP contribution >= 0.6 is 11.3 Å². The van der Waals surface area contributed by atoms with Crippen molar-refractivity contribution in [2.75, 3.05) is 5.32 Å². The number of aromatic nitrogens is 2. The van der Waals surface area contributed by atoms with Crippen LogP contribution in [0.2, 0.25) is 0 Å². The lowest BCUT2D eigenvalue weighted by molar-refractivity contribution is 0.475. The third-order valence-electron chi connectivity index (χ3n) is 2.60. The van der Waals surface area contributed by atoms with Crippen molar-refractivity contribution in [1.82, 2.24) is 9.97 Å². The first-order chi connectivity index (χ1) is 9.31. The van der Waals surface area contributed by atoms with Gasteiger partial charge in [-0.3, -0.25) is 4.98 Å². The molecular weight excluding hydrogens is 258 g/mol. The lowest BCUT2D eigenvalue weighted by Crippen LogP contribution is -1.88. The number of thiazole rings is 1. The maximum atomic E-state index is 9.23. The number of phenols is 1. The molecule has 5 heteroatoms. The lowest BCUT2D eigenvalue weighted by Gasteiger charge is -2.01. The van der Waals surface area contributed by atoms with Crippen molar-refractivity contribution in [3.8, 4) is 17.0 Å². The van der Waals surface area contributed by atoms with Gasteiger partial charge in [-0.25, -0.2) is 4.98 Å². The number of benzene rings is 1. The molecule has 2 N–H and O–H groups in total. The van der Waals surface area contributed by atoms with Crippen LogP contribution in [0.4, 0.5) is 10.8 Å². The van der Waals surface area contributed by atoms with Gasteiger partial charge in [-0.15, -0.1) is 11.3 Å². The Balaban J connectivity index is 1.80. The summed E-state index contributed by atoms with van der Waals surface area (Å²) in [6.07, 6.45) is 3.50. The summed E-state index contributed by atoms with van der Waals surface area (Å²) in [7, 11) is 0. The molecule has 0 amide bonds. The Morgan fingerprint density at radius 1 is 1.00 bits per heavy atom. The van der Waals surface area contributed by atoms with E-state index in [0.717, 1.165) is 22.1 Å². The molecule has 1 aromatic carbocycles. The smallest absolute Gasteiger partial charge is 0.187 e. The predicted molar refractivity (Wildman–Crippen MR) is 76.7 cm³/mol. The molecule has 0 radical (unpaired) electrons. The zero-order chi connectivity index (χ0) is 13.1. The SMILES string of the molecule is Oc1ccc(Nc2nc(-c3ccncc3)cs2)cc1. The summed E-state index contributed by atoms with van der Waals surface area (Å²) in [5.41, 5.74) is 2.87. The number of rotatable bonds is 3. The molecule has 0 bridgehead atoms. The second-order valence-corrected chi connectivity index (χ2v) is 4.80. The largest absolute Gasteiger partial charge is 0.508 e. The van der Waals surface area contributed by atoms with Gasteiger partial charge >= 0.3 is 0 Å². The van der Waals surface area contributed by atoms with Crippen LogP contribution in [0, 0.1) is 0 Å². The lowest BCUT2D eigenvalue weighted by atomic mass is 10.2. The van der Waals surface area contributed by atoms with Gasteiger partial charge in [0.15, 0.2) is 5.13 Å². The van der Waals surface area contributed by atoms with E-state index in [1.807, 2.05) is 29.6 Å². The van der Waals surface area contributed by atoms with E-state index in [0.29, 0.717) is 0 Å². The molecule has 0 saturated heterocycles. The van der Waals surface area contributed by atoms with Crippen LogP contribution in [0.1, 0.15) is 0 Å². The van der Waals surface area contributed by atoms with E-state index >= 15 is 0 Å². The van der Waals surface area contributed by atoms with E-state index in [1.165, 1.54) is 11.3 Å². The monoisotopic (exact) mass is 269 g/mol. The molecule has 3 aromatic rings. The summed E-state index contributed by atoms with van der Waals surface area (Å²) in [6.45, 7) is 0. The molecule has 0 aliphatic carbocycles. The highest BCUT2D eigenvalue weighted by Gasteiger charge is 2.04. The molecule has 0 spiro atoms. The highest BCUT2D eigenvalue weighted by atomic mass is 32.1. The number of hydrogen-bond acceptors (Lipinski definition) is 5. The summed E-state index contributed by atoms with van der Waals surface area (Å²) in [5.74, 6) is 0.252. The first-order valence-electron chi connectivity index (χ1n) is 5.73. The molecule has 0 unspecified atom stereocenters. The summed E-state index contributed by atoms with van der Waals surface area (Å²) in [6, 6.07) is 10.8. The van der Waals surface area contributed by atoms with Crippen LogP contribution in [-0.4, -0.2) is 15.1 Å². The fourth-order valence-electron chi connectivity index (χ4n) is 1.65. The molecule has 0 aliphatic rings. The minimum Gasteiger partial charge on any atom is -0.508 e. The third-order valence-corrected chi connectivity index (χ3v) is 3.36. The number of nitrogens with zero attached hydrogens (tertiary/aromatic N) is 2. The Kier molecular flexibility index (Phi) is 3.12. The molecule has 0 atom stereocenters. The molecular formula is C14H11N3OS. The van der Waals surface area contributed by atoms with Crippen LogP contribution < -0.4 is 5.32 Å². The highest BCUT2D eigenvalue weighted by Crippen LogP contribution is 2.27. The molecule has 2 aromatic heterocycles. The van der Waals surface area contributed by atoms with Crippen molar-refractivity contribution in [1.29, 1.82) is 0 Å². The molecule has 0 fully saturated rings. The Morgan fingerprint density at radius 3 is 2.47 bits per heavy atom. The molecule has 19 heavy (non-hydrogen) atoms. The third kappa shape index (κ3) is 2.71. The fraction of sp³-hybridized carbons (Fsp3) is 0. The van der Waals surface area contributed by atoms with Gasteiger partial charge in [0.2, 0.25) is 0 Å². The van der Waals surface area contributed by atoms with E-state index < -0.39 is 0 Å². The van der Waals surface area contributed by atoms with Crippen molar-refractivity contribution in [2.45, 2.75) is 0 Å². The second-order valence-electron chi connectivity index (χ2n) is 3.95. The van der Waals surface area contributed by atoms with Crippen molar-refractivity contribution >= 4 is 22.2 Å². The van der Waals surface area contributed by atoms with Crippen LogP contribution in [-0.2, 0) is 0 Å². The van der Waals surface area contributed by atoms with E-state index in [1.54, 1.807) is 24.5 Å². The van der Waals surface area contributed by atoms with Gasteiger partial charge in [-0.2, -0.15) is 0 Å². The summed E-state index contributed by atoms with van der Waals surface area (Å²) in [4.78, 5) is 8.51. The quantitative estimate of drug-likeness (QED) is 0.712. The Bertz CT molecular complexity index is 665. The van der Waals surface area contributed by atoms with Gasteiger partial charge in [0.05, 0.1) is 5.69 Å². The standard InChI is InChI=1S/C14H11N3OS/c18-12-3-1-11(2-4-12)16-14-17-13(9-19-14)10-5-7-15-8-6-10/h1-9,18H,(H,16,17). The van der Waals surface area contributed by atoms with Gasteiger partial charge < -0.3 is 10.4 Å².